The Labute approximate surface area is 147 Å². The van der Waals surface area contributed by atoms with Crippen LogP contribution in [0.1, 0.15) is 61.5 Å². The molecule has 1 aliphatic heterocycles. The number of urea groups is 1. The lowest BCUT2D eigenvalue weighted by atomic mass is 9.75. The van der Waals surface area contributed by atoms with Crippen molar-refractivity contribution < 1.29 is 9.21 Å². The quantitative estimate of drug-likeness (QED) is 0.897. The van der Waals surface area contributed by atoms with Crippen LogP contribution in [0.3, 0.4) is 0 Å². The van der Waals surface area contributed by atoms with Crippen LogP contribution in [-0.2, 0) is 25.9 Å². The highest BCUT2D eigenvalue weighted by Crippen LogP contribution is 2.41. The number of carbonyl (C=O) groups is 1. The molecule has 1 unspecified atom stereocenters. The average Bonchev–Trinajstić information content (AvgIpc) is 3.19. The number of aryl methyl sites for hydroxylation is 2. The predicted molar refractivity (Wildman–Crippen MR) is 92.0 cm³/mol. The number of hydrogen-bond acceptors (Lipinski definition) is 4. The maximum atomic E-state index is 12.4. The second-order valence-electron chi connectivity index (χ2n) is 7.95. The summed E-state index contributed by atoms with van der Waals surface area (Å²) in [7, 11) is 0. The van der Waals surface area contributed by atoms with Crippen molar-refractivity contribution in [1.82, 2.24) is 25.4 Å². The van der Waals surface area contributed by atoms with Crippen molar-refractivity contribution in [2.75, 3.05) is 0 Å². The van der Waals surface area contributed by atoms with E-state index in [1.54, 1.807) is 0 Å². The SMILES string of the molecule is Cc1cc2c(o1)CC(C)(C)CC2NC(=O)NCc1nnc2n1CCC2. The maximum Gasteiger partial charge on any atom is 0.315 e. The van der Waals surface area contributed by atoms with E-state index < -0.39 is 0 Å². The Bertz CT molecular complexity index is 804. The Morgan fingerprint density at radius 3 is 3.12 bits per heavy atom. The van der Waals surface area contributed by atoms with Gasteiger partial charge in [0, 0.05) is 24.9 Å². The van der Waals surface area contributed by atoms with E-state index >= 15 is 0 Å². The third-order valence-electron chi connectivity index (χ3n) is 5.13. The van der Waals surface area contributed by atoms with Gasteiger partial charge in [0.15, 0.2) is 5.82 Å². The van der Waals surface area contributed by atoms with E-state index in [9.17, 15) is 4.79 Å². The minimum atomic E-state index is -0.178. The highest BCUT2D eigenvalue weighted by molar-refractivity contribution is 5.74. The first-order chi connectivity index (χ1) is 11.9. The van der Waals surface area contributed by atoms with Crippen molar-refractivity contribution in [1.29, 1.82) is 0 Å². The summed E-state index contributed by atoms with van der Waals surface area (Å²) in [6.45, 7) is 7.70. The van der Waals surface area contributed by atoms with Gasteiger partial charge in [0.2, 0.25) is 0 Å². The number of amides is 2. The zero-order chi connectivity index (χ0) is 17.6. The second-order valence-corrected chi connectivity index (χ2v) is 7.95. The molecule has 2 aromatic heterocycles. The molecule has 1 aliphatic carbocycles. The molecule has 0 bridgehead atoms. The molecule has 0 saturated carbocycles. The highest BCUT2D eigenvalue weighted by atomic mass is 16.3. The van der Waals surface area contributed by atoms with Crippen LogP contribution in [0.15, 0.2) is 10.5 Å². The van der Waals surface area contributed by atoms with Gasteiger partial charge in [-0.1, -0.05) is 13.8 Å². The third kappa shape index (κ3) is 3.15. The van der Waals surface area contributed by atoms with Gasteiger partial charge < -0.3 is 19.6 Å². The van der Waals surface area contributed by atoms with Crippen LogP contribution in [0.5, 0.6) is 0 Å². The fourth-order valence-corrected chi connectivity index (χ4v) is 4.02. The van der Waals surface area contributed by atoms with Gasteiger partial charge in [-0.25, -0.2) is 4.79 Å². The summed E-state index contributed by atoms with van der Waals surface area (Å²) in [5.74, 6) is 3.74. The topological polar surface area (TPSA) is 85.0 Å². The van der Waals surface area contributed by atoms with Crippen LogP contribution in [0.25, 0.3) is 0 Å². The van der Waals surface area contributed by atoms with E-state index in [-0.39, 0.29) is 17.5 Å². The van der Waals surface area contributed by atoms with E-state index in [1.165, 1.54) is 0 Å². The van der Waals surface area contributed by atoms with E-state index in [1.807, 2.05) is 13.0 Å². The number of hydrogen-bond donors (Lipinski definition) is 2. The van der Waals surface area contributed by atoms with Gasteiger partial charge in [-0.15, -0.1) is 10.2 Å². The lowest BCUT2D eigenvalue weighted by Crippen LogP contribution is -2.41. The smallest absolute Gasteiger partial charge is 0.315 e. The van der Waals surface area contributed by atoms with Crippen LogP contribution in [0, 0.1) is 12.3 Å². The molecule has 1 atom stereocenters. The number of carbonyl (C=O) groups excluding carboxylic acids is 1. The standard InChI is InChI=1S/C18H25N5O2/c1-11-7-12-13(8-18(2,3)9-14(12)25-11)20-17(24)19-10-16-22-21-15-5-4-6-23(15)16/h7,13H,4-6,8-10H2,1-3H3,(H2,19,20,24). The first-order valence-corrected chi connectivity index (χ1v) is 8.96. The zero-order valence-corrected chi connectivity index (χ0v) is 15.1. The molecule has 0 radical (unpaired) electrons. The van der Waals surface area contributed by atoms with Gasteiger partial charge >= 0.3 is 6.03 Å². The summed E-state index contributed by atoms with van der Waals surface area (Å²) in [6.07, 6.45) is 3.87. The Kier molecular flexibility index (Phi) is 3.81. The molecule has 0 spiro atoms. The van der Waals surface area contributed by atoms with E-state index in [2.05, 4.69) is 39.2 Å². The fraction of sp³-hybridized carbons (Fsp3) is 0.611. The average molecular weight is 343 g/mol. The predicted octanol–water partition coefficient (Wildman–Crippen LogP) is 2.64. The summed E-state index contributed by atoms with van der Waals surface area (Å²) in [5, 5.41) is 14.4. The number of fused-ring (bicyclic) bond motifs is 2. The molecular formula is C18H25N5O2. The Morgan fingerprint density at radius 1 is 1.44 bits per heavy atom. The fourth-order valence-electron chi connectivity index (χ4n) is 4.02. The second kappa shape index (κ2) is 5.89. The van der Waals surface area contributed by atoms with Gasteiger partial charge in [-0.05, 0) is 31.2 Å². The lowest BCUT2D eigenvalue weighted by molar-refractivity contribution is 0.214. The normalized spacial score (nSPS) is 20.8. The van der Waals surface area contributed by atoms with Crippen LogP contribution >= 0.6 is 0 Å². The summed E-state index contributed by atoms with van der Waals surface area (Å²) in [5.41, 5.74) is 1.21. The first-order valence-electron chi connectivity index (χ1n) is 8.96. The molecule has 134 valence electrons. The van der Waals surface area contributed by atoms with Gasteiger partial charge in [-0.2, -0.15) is 0 Å². The summed E-state index contributed by atoms with van der Waals surface area (Å²) in [4.78, 5) is 12.4. The minimum Gasteiger partial charge on any atom is -0.466 e. The maximum absolute atomic E-state index is 12.4. The lowest BCUT2D eigenvalue weighted by Gasteiger charge is -2.34. The molecule has 0 fully saturated rings. The molecule has 3 heterocycles. The minimum absolute atomic E-state index is 0.0275. The summed E-state index contributed by atoms with van der Waals surface area (Å²) < 4.78 is 7.93. The molecule has 0 aromatic carbocycles. The molecule has 7 heteroatoms. The van der Waals surface area contributed by atoms with Crippen molar-refractivity contribution in [2.24, 2.45) is 5.41 Å². The van der Waals surface area contributed by atoms with Crippen LogP contribution in [0.2, 0.25) is 0 Å². The number of furan rings is 1. The number of nitrogens with zero attached hydrogens (tertiary/aromatic N) is 3. The van der Waals surface area contributed by atoms with E-state index in [0.29, 0.717) is 6.54 Å². The number of aromatic nitrogens is 3. The Balaban J connectivity index is 1.42. The summed E-state index contributed by atoms with van der Waals surface area (Å²) >= 11 is 0. The van der Waals surface area contributed by atoms with Gasteiger partial charge in [-0.3, -0.25) is 0 Å². The van der Waals surface area contributed by atoms with Crippen molar-refractivity contribution in [3.8, 4) is 0 Å². The van der Waals surface area contributed by atoms with E-state index in [4.69, 9.17) is 4.42 Å². The molecule has 2 amide bonds. The Morgan fingerprint density at radius 2 is 2.28 bits per heavy atom. The van der Waals surface area contributed by atoms with Crippen LogP contribution in [-0.4, -0.2) is 20.8 Å². The van der Waals surface area contributed by atoms with Gasteiger partial charge in [0.1, 0.15) is 17.3 Å². The molecule has 4 rings (SSSR count). The van der Waals surface area contributed by atoms with Crippen LogP contribution < -0.4 is 10.6 Å². The van der Waals surface area contributed by atoms with Crippen molar-refractivity contribution in [3.63, 3.8) is 0 Å². The highest BCUT2D eigenvalue weighted by Gasteiger charge is 2.35. The number of rotatable bonds is 3. The Hall–Kier alpha value is -2.31. The van der Waals surface area contributed by atoms with Crippen molar-refractivity contribution in [2.45, 2.75) is 65.6 Å². The van der Waals surface area contributed by atoms with E-state index in [0.717, 1.165) is 61.0 Å². The monoisotopic (exact) mass is 343 g/mol. The molecule has 2 aliphatic rings. The number of nitrogens with one attached hydrogen (secondary N) is 2. The largest absolute Gasteiger partial charge is 0.466 e. The molecule has 0 saturated heterocycles. The molecule has 7 nitrogen and oxygen atoms in total. The zero-order valence-electron chi connectivity index (χ0n) is 15.1. The first kappa shape index (κ1) is 16.2. The molecule has 2 aromatic rings. The van der Waals surface area contributed by atoms with Gasteiger partial charge in [0.05, 0.1) is 12.6 Å². The summed E-state index contributed by atoms with van der Waals surface area (Å²) in [6, 6.07) is 1.84. The molecule has 25 heavy (non-hydrogen) atoms. The molecule has 2 N–H and O–H groups in total. The van der Waals surface area contributed by atoms with Crippen LogP contribution in [0.4, 0.5) is 4.79 Å². The molecular weight excluding hydrogens is 318 g/mol. The third-order valence-corrected chi connectivity index (χ3v) is 5.13. The van der Waals surface area contributed by atoms with Crippen molar-refractivity contribution in [3.05, 3.63) is 34.8 Å². The van der Waals surface area contributed by atoms with Gasteiger partial charge in [0.25, 0.3) is 0 Å². The van der Waals surface area contributed by atoms with Crippen molar-refractivity contribution >= 4 is 6.03 Å².